The van der Waals surface area contributed by atoms with Gasteiger partial charge in [0.25, 0.3) is 0 Å². The van der Waals surface area contributed by atoms with Gasteiger partial charge in [-0.15, -0.1) is 0 Å². The summed E-state index contributed by atoms with van der Waals surface area (Å²) < 4.78 is 0. The predicted molar refractivity (Wildman–Crippen MR) is 114 cm³/mol. The Balaban J connectivity index is 1.54. The number of hydrogen-bond donors (Lipinski definition) is 0. The van der Waals surface area contributed by atoms with E-state index in [0.717, 1.165) is 12.0 Å². The lowest BCUT2D eigenvalue weighted by atomic mass is 9.62. The zero-order valence-electron chi connectivity index (χ0n) is 18.7. The summed E-state index contributed by atoms with van der Waals surface area (Å²) in [4.78, 5) is 10.8. The average molecular weight is 377 g/mol. The topological polar surface area (TPSA) is 13.0 Å². The van der Waals surface area contributed by atoms with Crippen LogP contribution in [0.5, 0.6) is 0 Å². The molecule has 27 heavy (non-hydrogen) atoms. The lowest BCUT2D eigenvalue weighted by Crippen LogP contribution is -2.58. The first-order valence-corrected chi connectivity index (χ1v) is 11.6. The van der Waals surface area contributed by atoms with E-state index in [1.54, 1.807) is 0 Å². The summed E-state index contributed by atoms with van der Waals surface area (Å²) in [5, 5.41) is 0. The van der Waals surface area contributed by atoms with E-state index in [9.17, 15) is 0 Å². The second-order valence-electron chi connectivity index (χ2n) is 11.1. The van der Waals surface area contributed by atoms with Gasteiger partial charge in [-0.3, -0.25) is 0 Å². The first-order valence-electron chi connectivity index (χ1n) is 11.6. The summed E-state index contributed by atoms with van der Waals surface area (Å²) in [6.45, 7) is 14.0. The van der Waals surface area contributed by atoms with Gasteiger partial charge in [0.05, 0.1) is 0 Å². The van der Waals surface area contributed by atoms with E-state index in [2.05, 4.69) is 54.6 Å². The van der Waals surface area contributed by atoms with Crippen molar-refractivity contribution in [2.75, 3.05) is 67.0 Å². The van der Waals surface area contributed by atoms with Crippen LogP contribution in [-0.2, 0) is 0 Å². The quantitative estimate of drug-likeness (QED) is 0.735. The van der Waals surface area contributed by atoms with E-state index in [1.165, 1.54) is 84.3 Å². The maximum atomic E-state index is 2.78. The van der Waals surface area contributed by atoms with Gasteiger partial charge in [-0.25, -0.2) is 0 Å². The third kappa shape index (κ3) is 3.84. The second-order valence-corrected chi connectivity index (χ2v) is 11.1. The molecular weight excluding hydrogens is 332 g/mol. The molecule has 2 spiro atoms. The van der Waals surface area contributed by atoms with Crippen LogP contribution in [0.4, 0.5) is 0 Å². The van der Waals surface area contributed by atoms with Crippen LogP contribution in [-0.4, -0.2) is 98.6 Å². The first-order chi connectivity index (χ1) is 12.8. The molecule has 3 atom stereocenters. The molecule has 0 aliphatic carbocycles. The Hall–Kier alpha value is -0.160. The van der Waals surface area contributed by atoms with E-state index in [0.29, 0.717) is 16.9 Å². The molecule has 3 unspecified atom stereocenters. The Kier molecular flexibility index (Phi) is 5.66. The van der Waals surface area contributed by atoms with Crippen molar-refractivity contribution in [1.29, 1.82) is 0 Å². The van der Waals surface area contributed by atoms with Crippen LogP contribution in [0.15, 0.2) is 0 Å². The summed E-state index contributed by atoms with van der Waals surface area (Å²) >= 11 is 0. The Morgan fingerprint density at radius 3 is 2.26 bits per heavy atom. The number of rotatable bonds is 2. The largest absolute Gasteiger partial charge is 0.306 e. The van der Waals surface area contributed by atoms with E-state index < -0.39 is 0 Å². The maximum absolute atomic E-state index is 2.78. The van der Waals surface area contributed by atoms with Crippen molar-refractivity contribution in [2.24, 2.45) is 16.7 Å². The highest BCUT2D eigenvalue weighted by molar-refractivity contribution is 5.06. The molecule has 156 valence electrons. The zero-order chi connectivity index (χ0) is 19.2. The van der Waals surface area contributed by atoms with Gasteiger partial charge >= 0.3 is 0 Å². The smallest absolute Gasteiger partial charge is 0.0144 e. The van der Waals surface area contributed by atoms with Crippen molar-refractivity contribution >= 4 is 0 Å². The SMILES string of the molecule is CC(C)N1CCCC2(CCN(C)C(C3CN(C)CC34CCN(C)CC4)C2)C1. The van der Waals surface area contributed by atoms with Gasteiger partial charge in [0, 0.05) is 31.7 Å². The monoisotopic (exact) mass is 376 g/mol. The van der Waals surface area contributed by atoms with Crippen molar-refractivity contribution in [1.82, 2.24) is 19.6 Å². The van der Waals surface area contributed by atoms with Gasteiger partial charge in [-0.05, 0) is 116 Å². The molecule has 4 rings (SSSR count). The van der Waals surface area contributed by atoms with Gasteiger partial charge in [-0.1, -0.05) is 0 Å². The summed E-state index contributed by atoms with van der Waals surface area (Å²) in [6.07, 6.45) is 8.57. The second kappa shape index (κ2) is 7.59. The highest BCUT2D eigenvalue weighted by atomic mass is 15.2. The van der Waals surface area contributed by atoms with E-state index >= 15 is 0 Å². The molecular formula is C23H44N4. The Bertz CT molecular complexity index is 513. The molecule has 0 bridgehead atoms. The third-order valence-corrected chi connectivity index (χ3v) is 8.95. The molecule has 0 aromatic heterocycles. The fraction of sp³-hybridized carbons (Fsp3) is 1.00. The predicted octanol–water partition coefficient (Wildman–Crippen LogP) is 2.84. The van der Waals surface area contributed by atoms with Crippen LogP contribution in [0.1, 0.15) is 52.4 Å². The van der Waals surface area contributed by atoms with Crippen LogP contribution in [0.2, 0.25) is 0 Å². The lowest BCUT2D eigenvalue weighted by Gasteiger charge is -2.55. The van der Waals surface area contributed by atoms with Gasteiger partial charge in [0.1, 0.15) is 0 Å². The summed E-state index contributed by atoms with van der Waals surface area (Å²) in [7, 11) is 7.12. The average Bonchev–Trinajstić information content (AvgIpc) is 2.96. The molecule has 0 saturated carbocycles. The Morgan fingerprint density at radius 1 is 0.815 bits per heavy atom. The first kappa shape index (κ1) is 20.1. The number of piperidine rings is 3. The Morgan fingerprint density at radius 2 is 1.56 bits per heavy atom. The van der Waals surface area contributed by atoms with Crippen LogP contribution in [0.3, 0.4) is 0 Å². The minimum Gasteiger partial charge on any atom is -0.306 e. The van der Waals surface area contributed by atoms with Gasteiger partial charge in [0.2, 0.25) is 0 Å². The molecule has 4 aliphatic heterocycles. The fourth-order valence-corrected chi connectivity index (χ4v) is 7.16. The molecule has 4 saturated heterocycles. The van der Waals surface area contributed by atoms with Crippen molar-refractivity contribution in [3.8, 4) is 0 Å². The van der Waals surface area contributed by atoms with Crippen LogP contribution < -0.4 is 0 Å². The molecule has 0 N–H and O–H groups in total. The van der Waals surface area contributed by atoms with Crippen molar-refractivity contribution in [3.05, 3.63) is 0 Å². The lowest BCUT2D eigenvalue weighted by molar-refractivity contribution is -0.0449. The molecule has 0 aromatic rings. The maximum Gasteiger partial charge on any atom is 0.0144 e. The van der Waals surface area contributed by atoms with E-state index in [1.807, 2.05) is 0 Å². The number of nitrogens with zero attached hydrogens (tertiary/aromatic N) is 4. The number of likely N-dealkylation sites (tertiary alicyclic amines) is 4. The van der Waals surface area contributed by atoms with Crippen molar-refractivity contribution in [3.63, 3.8) is 0 Å². The van der Waals surface area contributed by atoms with Crippen LogP contribution in [0, 0.1) is 16.7 Å². The van der Waals surface area contributed by atoms with Gasteiger partial charge in [0.15, 0.2) is 0 Å². The normalized spacial score (nSPS) is 39.8. The summed E-state index contributed by atoms with van der Waals surface area (Å²) in [5.74, 6) is 0.868. The van der Waals surface area contributed by atoms with Crippen molar-refractivity contribution in [2.45, 2.75) is 64.5 Å². The standard InChI is InChI=1S/C23H44N4/c1-19(2)27-11-6-7-22(17-27)8-14-26(5)21(15-22)20-16-25(4)18-23(20)9-12-24(3)13-10-23/h19-21H,6-18H2,1-5H3. The van der Waals surface area contributed by atoms with Gasteiger partial charge in [-0.2, -0.15) is 0 Å². The molecule has 4 fully saturated rings. The highest BCUT2D eigenvalue weighted by Crippen LogP contribution is 2.51. The Labute approximate surface area is 168 Å². The molecule has 0 radical (unpaired) electrons. The zero-order valence-corrected chi connectivity index (χ0v) is 18.7. The van der Waals surface area contributed by atoms with Crippen LogP contribution in [0.25, 0.3) is 0 Å². The molecule has 4 heterocycles. The van der Waals surface area contributed by atoms with E-state index in [4.69, 9.17) is 0 Å². The molecule has 4 heteroatoms. The van der Waals surface area contributed by atoms with Crippen molar-refractivity contribution < 1.29 is 0 Å². The third-order valence-electron chi connectivity index (χ3n) is 8.95. The van der Waals surface area contributed by atoms with E-state index in [-0.39, 0.29) is 0 Å². The minimum atomic E-state index is 0.575. The summed E-state index contributed by atoms with van der Waals surface area (Å²) in [6, 6.07) is 1.50. The minimum absolute atomic E-state index is 0.575. The summed E-state index contributed by atoms with van der Waals surface area (Å²) in [5.41, 5.74) is 1.17. The molecule has 4 aliphatic rings. The molecule has 0 amide bonds. The van der Waals surface area contributed by atoms with Crippen LogP contribution >= 0.6 is 0 Å². The highest BCUT2D eigenvalue weighted by Gasteiger charge is 2.53. The number of hydrogen-bond acceptors (Lipinski definition) is 4. The fourth-order valence-electron chi connectivity index (χ4n) is 7.16. The van der Waals surface area contributed by atoms with Gasteiger partial charge < -0.3 is 19.6 Å². The molecule has 4 nitrogen and oxygen atoms in total. The molecule has 0 aromatic carbocycles.